The second-order valence-electron chi connectivity index (χ2n) is 4.35. The third-order valence-corrected chi connectivity index (χ3v) is 3.08. The van der Waals surface area contributed by atoms with Crippen LogP contribution in [-0.4, -0.2) is 36.9 Å². The van der Waals surface area contributed by atoms with E-state index in [1.54, 1.807) is 12.2 Å². The summed E-state index contributed by atoms with van der Waals surface area (Å²) in [4.78, 5) is 28.0. The molecule has 0 saturated carbocycles. The largest absolute Gasteiger partial charge is 0.339 e. The van der Waals surface area contributed by atoms with E-state index in [0.717, 1.165) is 10.6 Å². The molecule has 0 bridgehead atoms. The molecule has 1 aliphatic rings. The van der Waals surface area contributed by atoms with Crippen LogP contribution in [0.4, 0.5) is 0 Å². The molecule has 110 valence electrons. The van der Waals surface area contributed by atoms with Crippen LogP contribution >= 0.6 is 0 Å². The molecule has 1 saturated heterocycles. The molecule has 1 fully saturated rings. The first-order valence-electron chi connectivity index (χ1n) is 6.35. The molecule has 2 amide bonds. The van der Waals surface area contributed by atoms with Crippen molar-refractivity contribution in [3.63, 3.8) is 0 Å². The molecule has 0 spiro atoms. The van der Waals surface area contributed by atoms with Crippen LogP contribution in [0, 0.1) is 0 Å². The molecular formula is C15H16N2O4. The molecule has 1 atom stereocenters. The summed E-state index contributed by atoms with van der Waals surface area (Å²) in [6.45, 7) is 0. The quantitative estimate of drug-likeness (QED) is 0.650. The van der Waals surface area contributed by atoms with Gasteiger partial charge < -0.3 is 10.1 Å². The van der Waals surface area contributed by atoms with Crippen molar-refractivity contribution in [2.45, 2.75) is 12.3 Å². The molecule has 0 aliphatic carbocycles. The molecule has 0 aromatic heterocycles. The average Bonchev–Trinajstić information content (AvgIpc) is 2.76. The molecule has 2 rings (SSSR count). The zero-order valence-corrected chi connectivity index (χ0v) is 11.8. The van der Waals surface area contributed by atoms with Crippen LogP contribution in [-0.2, 0) is 19.2 Å². The Bertz CT molecular complexity index is 593. The molecule has 6 heteroatoms. The Morgan fingerprint density at radius 2 is 2.00 bits per heavy atom. The Balaban J connectivity index is 2.14. The SMILES string of the molecule is CON1C(=O)C(=O)NC1(CC=C=Cc1ccccc1)OC. The minimum Gasteiger partial charge on any atom is -0.339 e. The van der Waals surface area contributed by atoms with Crippen LogP contribution in [0.3, 0.4) is 0 Å². The lowest BCUT2D eigenvalue weighted by molar-refractivity contribution is -0.265. The second-order valence-corrected chi connectivity index (χ2v) is 4.35. The summed E-state index contributed by atoms with van der Waals surface area (Å²) < 4.78 is 5.26. The van der Waals surface area contributed by atoms with E-state index in [1.165, 1.54) is 14.2 Å². The van der Waals surface area contributed by atoms with Crippen LogP contribution < -0.4 is 5.32 Å². The summed E-state index contributed by atoms with van der Waals surface area (Å²) in [5.74, 6) is -2.89. The van der Waals surface area contributed by atoms with Gasteiger partial charge in [0.1, 0.15) is 0 Å². The fourth-order valence-electron chi connectivity index (χ4n) is 2.02. The minimum absolute atomic E-state index is 0.207. The van der Waals surface area contributed by atoms with Crippen molar-refractivity contribution in [2.75, 3.05) is 14.2 Å². The molecule has 0 radical (unpaired) electrons. The zero-order chi connectivity index (χ0) is 15.3. The van der Waals surface area contributed by atoms with Gasteiger partial charge in [0.2, 0.25) is 0 Å². The first-order chi connectivity index (χ1) is 10.1. The average molecular weight is 288 g/mol. The van der Waals surface area contributed by atoms with Crippen LogP contribution in [0.25, 0.3) is 6.08 Å². The first kappa shape index (κ1) is 15.0. The summed E-state index contributed by atoms with van der Waals surface area (Å²) in [5, 5.41) is 3.36. The van der Waals surface area contributed by atoms with Gasteiger partial charge in [-0.1, -0.05) is 30.3 Å². The third-order valence-electron chi connectivity index (χ3n) is 3.08. The van der Waals surface area contributed by atoms with E-state index in [2.05, 4.69) is 11.0 Å². The van der Waals surface area contributed by atoms with E-state index in [9.17, 15) is 9.59 Å². The van der Waals surface area contributed by atoms with E-state index < -0.39 is 17.7 Å². The molecule has 1 aromatic rings. The first-order valence-corrected chi connectivity index (χ1v) is 6.35. The summed E-state index contributed by atoms with van der Waals surface area (Å²) in [6.07, 6.45) is 3.67. The maximum Gasteiger partial charge on any atom is 0.339 e. The standard InChI is InChI=1S/C15H16N2O4/c1-20-15(16-13(18)14(19)17(15)21-2)11-7-6-10-12-8-4-3-5-9-12/h3-5,7-10H,11H2,1-2H3,(H,16,18). The lowest BCUT2D eigenvalue weighted by atomic mass is 10.2. The number of methoxy groups -OCH3 is 1. The molecule has 1 aliphatic heterocycles. The minimum atomic E-state index is -1.33. The summed E-state index contributed by atoms with van der Waals surface area (Å²) >= 11 is 0. The van der Waals surface area contributed by atoms with Crippen molar-refractivity contribution < 1.29 is 19.2 Å². The van der Waals surface area contributed by atoms with Gasteiger partial charge in [-0.15, -0.1) is 5.73 Å². The molecular weight excluding hydrogens is 272 g/mol. The Hall–Kier alpha value is -2.40. The van der Waals surface area contributed by atoms with E-state index in [-0.39, 0.29) is 6.42 Å². The fourth-order valence-corrected chi connectivity index (χ4v) is 2.02. The lowest BCUT2D eigenvalue weighted by Crippen LogP contribution is -2.53. The molecule has 1 unspecified atom stereocenters. The van der Waals surface area contributed by atoms with Gasteiger partial charge in [0.15, 0.2) is 0 Å². The smallest absolute Gasteiger partial charge is 0.339 e. The highest BCUT2D eigenvalue weighted by Gasteiger charge is 2.51. The number of amides is 2. The highest BCUT2D eigenvalue weighted by Crippen LogP contribution is 2.24. The Labute approximate surface area is 122 Å². The number of hydroxylamine groups is 2. The third kappa shape index (κ3) is 3.03. The van der Waals surface area contributed by atoms with Crippen molar-refractivity contribution >= 4 is 17.9 Å². The van der Waals surface area contributed by atoms with Gasteiger partial charge >= 0.3 is 11.8 Å². The lowest BCUT2D eigenvalue weighted by Gasteiger charge is -2.32. The molecule has 1 aromatic carbocycles. The van der Waals surface area contributed by atoms with Crippen LogP contribution in [0.1, 0.15) is 12.0 Å². The van der Waals surface area contributed by atoms with Crippen LogP contribution in [0.15, 0.2) is 42.1 Å². The van der Waals surface area contributed by atoms with E-state index in [1.807, 2.05) is 30.3 Å². The number of ether oxygens (including phenoxy) is 1. The maximum absolute atomic E-state index is 11.6. The van der Waals surface area contributed by atoms with Gasteiger partial charge in [-0.2, -0.15) is 5.06 Å². The van der Waals surface area contributed by atoms with Crippen LogP contribution in [0.2, 0.25) is 0 Å². The van der Waals surface area contributed by atoms with Gasteiger partial charge in [-0.3, -0.25) is 14.4 Å². The number of carbonyl (C=O) groups is 2. The van der Waals surface area contributed by atoms with Gasteiger partial charge in [-0.05, 0) is 17.7 Å². The maximum atomic E-state index is 11.6. The zero-order valence-electron chi connectivity index (χ0n) is 11.8. The highest BCUT2D eigenvalue weighted by molar-refractivity contribution is 6.36. The summed E-state index contributed by atoms with van der Waals surface area (Å²) in [7, 11) is 2.69. The monoisotopic (exact) mass is 288 g/mol. The van der Waals surface area contributed by atoms with Crippen molar-refractivity contribution in [3.8, 4) is 0 Å². The van der Waals surface area contributed by atoms with Gasteiger partial charge in [0, 0.05) is 13.5 Å². The Kier molecular flexibility index (Phi) is 4.55. The van der Waals surface area contributed by atoms with E-state index in [0.29, 0.717) is 0 Å². The number of nitrogens with one attached hydrogen (secondary N) is 1. The Morgan fingerprint density at radius 1 is 1.29 bits per heavy atom. The number of benzene rings is 1. The van der Waals surface area contributed by atoms with E-state index in [4.69, 9.17) is 9.57 Å². The second kappa shape index (κ2) is 6.37. The number of nitrogens with zero attached hydrogens (tertiary/aromatic N) is 1. The van der Waals surface area contributed by atoms with Crippen molar-refractivity contribution in [3.05, 3.63) is 47.7 Å². The predicted molar refractivity (Wildman–Crippen MR) is 75.3 cm³/mol. The predicted octanol–water partition coefficient (Wildman–Crippen LogP) is 1.06. The number of carbonyl (C=O) groups excluding carboxylic acids is 2. The van der Waals surface area contributed by atoms with Gasteiger partial charge in [0.25, 0.3) is 5.85 Å². The van der Waals surface area contributed by atoms with E-state index >= 15 is 0 Å². The molecule has 21 heavy (non-hydrogen) atoms. The fraction of sp³-hybridized carbons (Fsp3) is 0.267. The van der Waals surface area contributed by atoms with Crippen molar-refractivity contribution in [2.24, 2.45) is 0 Å². The number of hydrogen-bond acceptors (Lipinski definition) is 4. The van der Waals surface area contributed by atoms with Gasteiger partial charge in [0.05, 0.1) is 7.11 Å². The number of hydrogen-bond donors (Lipinski definition) is 1. The van der Waals surface area contributed by atoms with Crippen molar-refractivity contribution in [1.29, 1.82) is 0 Å². The number of rotatable bonds is 5. The van der Waals surface area contributed by atoms with Gasteiger partial charge in [-0.25, -0.2) is 0 Å². The highest BCUT2D eigenvalue weighted by atomic mass is 16.7. The van der Waals surface area contributed by atoms with Crippen LogP contribution in [0.5, 0.6) is 0 Å². The molecule has 1 N–H and O–H groups in total. The van der Waals surface area contributed by atoms with Crippen molar-refractivity contribution in [1.82, 2.24) is 10.4 Å². The Morgan fingerprint density at radius 3 is 2.62 bits per heavy atom. The summed E-state index contributed by atoms with van der Waals surface area (Å²) in [5.41, 5.74) is 3.98. The molecule has 6 nitrogen and oxygen atoms in total. The topological polar surface area (TPSA) is 67.9 Å². The normalized spacial score (nSPS) is 21.0. The summed E-state index contributed by atoms with van der Waals surface area (Å²) in [6, 6.07) is 9.65. The molecule has 1 heterocycles.